The lowest BCUT2D eigenvalue weighted by Gasteiger charge is -2.14. The zero-order valence-electron chi connectivity index (χ0n) is 11.0. The number of nitrogens with zero attached hydrogens (tertiary/aromatic N) is 1. The monoisotopic (exact) mass is 248 g/mol. The molecule has 0 saturated heterocycles. The van der Waals surface area contributed by atoms with E-state index in [1.807, 2.05) is 12.1 Å². The Bertz CT molecular complexity index is 423. The molecule has 0 saturated carbocycles. The van der Waals surface area contributed by atoms with E-state index in [-0.39, 0.29) is 0 Å². The van der Waals surface area contributed by atoms with Crippen molar-refractivity contribution in [2.24, 2.45) is 10.7 Å². The lowest BCUT2D eigenvalue weighted by Crippen LogP contribution is -2.40. The number of hydrogen-bond donors (Lipinski definition) is 3. The average molecular weight is 248 g/mol. The number of aliphatic imine (C=N–C) groups is 1. The Morgan fingerprint density at radius 2 is 1.94 bits per heavy atom. The highest BCUT2D eigenvalue weighted by Crippen LogP contribution is 2.03. The average Bonchev–Trinajstić information content (AvgIpc) is 2.34. The molecule has 0 unspecified atom stereocenters. The van der Waals surface area contributed by atoms with Crippen molar-refractivity contribution in [3.05, 3.63) is 35.4 Å². The van der Waals surface area contributed by atoms with E-state index >= 15 is 0 Å². The van der Waals surface area contributed by atoms with Crippen LogP contribution in [0.3, 0.4) is 0 Å². The second kappa shape index (κ2) is 6.64. The number of primary amides is 1. The smallest absolute Gasteiger partial charge is 0.248 e. The maximum absolute atomic E-state index is 10.9. The van der Waals surface area contributed by atoms with Crippen LogP contribution in [0.1, 0.15) is 29.8 Å². The standard InChI is InChI=1S/C13H20N4O/c1-9(2)17-13(15-3)16-8-10-4-6-11(7-5-10)12(14)18/h4-7,9H,8H2,1-3H3,(H2,14,18)(H2,15,16,17). The van der Waals surface area contributed by atoms with E-state index in [1.165, 1.54) is 0 Å². The van der Waals surface area contributed by atoms with Crippen molar-refractivity contribution < 1.29 is 4.79 Å². The molecule has 0 aliphatic heterocycles. The summed E-state index contributed by atoms with van der Waals surface area (Å²) in [6.45, 7) is 4.74. The predicted octanol–water partition coefficient (Wildman–Crippen LogP) is 0.859. The first kappa shape index (κ1) is 14.0. The molecule has 0 bridgehead atoms. The molecule has 0 aliphatic carbocycles. The van der Waals surface area contributed by atoms with E-state index < -0.39 is 5.91 Å². The van der Waals surface area contributed by atoms with Crippen molar-refractivity contribution in [2.75, 3.05) is 7.05 Å². The molecule has 0 spiro atoms. The molecule has 1 aromatic rings. The van der Waals surface area contributed by atoms with Gasteiger partial charge in [-0.1, -0.05) is 12.1 Å². The topological polar surface area (TPSA) is 79.5 Å². The summed E-state index contributed by atoms with van der Waals surface area (Å²) < 4.78 is 0. The Labute approximate surface area is 107 Å². The quantitative estimate of drug-likeness (QED) is 0.546. The summed E-state index contributed by atoms with van der Waals surface area (Å²) in [4.78, 5) is 15.0. The third-order valence-electron chi connectivity index (χ3n) is 2.35. The third kappa shape index (κ3) is 4.45. The number of guanidine groups is 1. The molecule has 1 rings (SSSR count). The SMILES string of the molecule is CN=C(NCc1ccc(C(N)=O)cc1)NC(C)C. The largest absolute Gasteiger partial charge is 0.366 e. The van der Waals surface area contributed by atoms with E-state index in [0.717, 1.165) is 11.5 Å². The molecule has 0 heterocycles. The lowest BCUT2D eigenvalue weighted by atomic mass is 10.1. The van der Waals surface area contributed by atoms with Crippen molar-refractivity contribution in [1.82, 2.24) is 10.6 Å². The molecule has 98 valence electrons. The second-order valence-corrected chi connectivity index (χ2v) is 4.29. The Morgan fingerprint density at radius 3 is 2.39 bits per heavy atom. The number of carbonyl (C=O) groups is 1. The van der Waals surface area contributed by atoms with Crippen LogP contribution in [0.15, 0.2) is 29.3 Å². The number of rotatable bonds is 4. The lowest BCUT2D eigenvalue weighted by molar-refractivity contribution is 0.100. The molecule has 1 aromatic carbocycles. The van der Waals surface area contributed by atoms with Gasteiger partial charge in [0.05, 0.1) is 0 Å². The highest BCUT2D eigenvalue weighted by Gasteiger charge is 2.02. The molecule has 0 aliphatic rings. The summed E-state index contributed by atoms with van der Waals surface area (Å²) in [5, 5.41) is 6.38. The first-order chi connectivity index (χ1) is 8.52. The minimum Gasteiger partial charge on any atom is -0.366 e. The number of amides is 1. The third-order valence-corrected chi connectivity index (χ3v) is 2.35. The summed E-state index contributed by atoms with van der Waals surface area (Å²) in [7, 11) is 1.73. The van der Waals surface area contributed by atoms with Gasteiger partial charge in [0, 0.05) is 25.2 Å². The minimum absolute atomic E-state index is 0.327. The molecule has 0 aromatic heterocycles. The van der Waals surface area contributed by atoms with Crippen molar-refractivity contribution in [2.45, 2.75) is 26.4 Å². The van der Waals surface area contributed by atoms with Gasteiger partial charge in [-0.25, -0.2) is 0 Å². The molecule has 4 N–H and O–H groups in total. The van der Waals surface area contributed by atoms with E-state index in [2.05, 4.69) is 29.5 Å². The van der Waals surface area contributed by atoms with Gasteiger partial charge in [0.25, 0.3) is 0 Å². The van der Waals surface area contributed by atoms with Crippen LogP contribution in [-0.4, -0.2) is 25.0 Å². The predicted molar refractivity (Wildman–Crippen MR) is 73.4 cm³/mol. The highest BCUT2D eigenvalue weighted by molar-refractivity contribution is 5.92. The summed E-state index contributed by atoms with van der Waals surface area (Å²) in [6, 6.07) is 7.51. The number of carbonyl (C=O) groups excluding carboxylic acids is 1. The molecule has 5 heteroatoms. The van der Waals surface area contributed by atoms with E-state index in [0.29, 0.717) is 18.2 Å². The van der Waals surface area contributed by atoms with Crippen molar-refractivity contribution in [3.8, 4) is 0 Å². The molecule has 5 nitrogen and oxygen atoms in total. The molecular formula is C13H20N4O. The van der Waals surface area contributed by atoms with Gasteiger partial charge in [-0.15, -0.1) is 0 Å². The first-order valence-corrected chi connectivity index (χ1v) is 5.89. The fourth-order valence-electron chi connectivity index (χ4n) is 1.44. The molecule has 0 atom stereocenters. The second-order valence-electron chi connectivity index (χ2n) is 4.29. The van der Waals surface area contributed by atoms with Gasteiger partial charge < -0.3 is 16.4 Å². The zero-order valence-corrected chi connectivity index (χ0v) is 11.0. The fourth-order valence-corrected chi connectivity index (χ4v) is 1.44. The maximum Gasteiger partial charge on any atom is 0.248 e. The normalized spacial score (nSPS) is 11.4. The number of hydrogen-bond acceptors (Lipinski definition) is 2. The van der Waals surface area contributed by atoms with Gasteiger partial charge >= 0.3 is 0 Å². The van der Waals surface area contributed by atoms with Gasteiger partial charge in [-0.2, -0.15) is 0 Å². The van der Waals surface area contributed by atoms with Crippen LogP contribution in [0, 0.1) is 0 Å². The van der Waals surface area contributed by atoms with Crippen LogP contribution in [0.4, 0.5) is 0 Å². The van der Waals surface area contributed by atoms with Crippen LogP contribution in [-0.2, 0) is 6.54 Å². The summed E-state index contributed by atoms with van der Waals surface area (Å²) >= 11 is 0. The van der Waals surface area contributed by atoms with E-state index in [4.69, 9.17) is 5.73 Å². The molecule has 18 heavy (non-hydrogen) atoms. The molecule has 0 radical (unpaired) electrons. The first-order valence-electron chi connectivity index (χ1n) is 5.89. The van der Waals surface area contributed by atoms with Crippen LogP contribution in [0.5, 0.6) is 0 Å². The fraction of sp³-hybridized carbons (Fsp3) is 0.385. The van der Waals surface area contributed by atoms with E-state index in [1.54, 1.807) is 19.2 Å². The van der Waals surface area contributed by atoms with Crippen LogP contribution >= 0.6 is 0 Å². The van der Waals surface area contributed by atoms with Gasteiger partial charge in [-0.05, 0) is 31.5 Å². The van der Waals surface area contributed by atoms with Crippen molar-refractivity contribution >= 4 is 11.9 Å². The number of nitrogens with one attached hydrogen (secondary N) is 2. The minimum atomic E-state index is -0.410. The number of nitrogens with two attached hydrogens (primary N) is 1. The Balaban J connectivity index is 2.55. The highest BCUT2D eigenvalue weighted by atomic mass is 16.1. The van der Waals surface area contributed by atoms with Crippen molar-refractivity contribution in [3.63, 3.8) is 0 Å². The number of benzene rings is 1. The van der Waals surface area contributed by atoms with Gasteiger partial charge in [0.2, 0.25) is 5.91 Å². The maximum atomic E-state index is 10.9. The van der Waals surface area contributed by atoms with Crippen LogP contribution in [0.2, 0.25) is 0 Å². The zero-order chi connectivity index (χ0) is 13.5. The molecular weight excluding hydrogens is 228 g/mol. The van der Waals surface area contributed by atoms with Crippen molar-refractivity contribution in [1.29, 1.82) is 0 Å². The van der Waals surface area contributed by atoms with Crippen LogP contribution < -0.4 is 16.4 Å². The van der Waals surface area contributed by atoms with Gasteiger partial charge in [-0.3, -0.25) is 9.79 Å². The van der Waals surface area contributed by atoms with Gasteiger partial charge in [0.15, 0.2) is 5.96 Å². The van der Waals surface area contributed by atoms with E-state index in [9.17, 15) is 4.79 Å². The Hall–Kier alpha value is -2.04. The Morgan fingerprint density at radius 1 is 1.33 bits per heavy atom. The molecule has 0 fully saturated rings. The van der Waals surface area contributed by atoms with Gasteiger partial charge in [0.1, 0.15) is 0 Å². The summed E-state index contributed by atoms with van der Waals surface area (Å²) in [6.07, 6.45) is 0. The Kier molecular flexibility index (Phi) is 5.17. The molecule has 1 amide bonds. The summed E-state index contributed by atoms with van der Waals surface area (Å²) in [5.74, 6) is 0.343. The van der Waals surface area contributed by atoms with Crippen LogP contribution in [0.25, 0.3) is 0 Å². The summed E-state index contributed by atoms with van der Waals surface area (Å²) in [5.41, 5.74) is 6.76.